The number of aliphatic hydroxyl groups excluding tert-OH is 2. The highest BCUT2D eigenvalue weighted by molar-refractivity contribution is 6.07. The van der Waals surface area contributed by atoms with Gasteiger partial charge in [0.15, 0.2) is 0 Å². The SMILES string of the molecule is Cn1cc(C(=O)N2C[C@H](O)[C@@H](O)C2)c2ccccc21. The standard InChI is InChI=1S/C14H16N2O3/c1-15-6-10(9-4-2-3-5-11(9)15)14(19)16-7-12(17)13(18)8-16/h2-6,12-13,17-18H,7-8H2,1H3/t12-,13-/m0/s1. The fourth-order valence-corrected chi connectivity index (χ4v) is 2.62. The van der Waals surface area contributed by atoms with Crippen LogP contribution in [0.4, 0.5) is 0 Å². The third-order valence-corrected chi connectivity index (χ3v) is 3.67. The van der Waals surface area contributed by atoms with Gasteiger partial charge < -0.3 is 19.7 Å². The van der Waals surface area contributed by atoms with Crippen molar-refractivity contribution < 1.29 is 15.0 Å². The van der Waals surface area contributed by atoms with Crippen molar-refractivity contribution in [2.45, 2.75) is 12.2 Å². The molecule has 2 N–H and O–H groups in total. The number of para-hydroxylation sites is 1. The van der Waals surface area contributed by atoms with E-state index in [1.165, 1.54) is 4.90 Å². The Morgan fingerprint density at radius 3 is 2.53 bits per heavy atom. The number of carbonyl (C=O) groups excluding carboxylic acids is 1. The topological polar surface area (TPSA) is 65.7 Å². The minimum atomic E-state index is -0.848. The predicted molar refractivity (Wildman–Crippen MR) is 70.8 cm³/mol. The molecule has 0 saturated carbocycles. The van der Waals surface area contributed by atoms with Crippen LogP contribution in [0.1, 0.15) is 10.4 Å². The third-order valence-electron chi connectivity index (χ3n) is 3.67. The Labute approximate surface area is 110 Å². The Morgan fingerprint density at radius 2 is 1.84 bits per heavy atom. The van der Waals surface area contributed by atoms with Crippen molar-refractivity contribution in [3.63, 3.8) is 0 Å². The Kier molecular flexibility index (Phi) is 2.80. The van der Waals surface area contributed by atoms with Crippen LogP contribution >= 0.6 is 0 Å². The summed E-state index contributed by atoms with van der Waals surface area (Å²) < 4.78 is 1.91. The van der Waals surface area contributed by atoms with E-state index in [4.69, 9.17) is 0 Å². The molecule has 100 valence electrons. The Hall–Kier alpha value is -1.85. The lowest BCUT2D eigenvalue weighted by atomic mass is 10.1. The highest BCUT2D eigenvalue weighted by Crippen LogP contribution is 2.23. The van der Waals surface area contributed by atoms with Gasteiger partial charge in [-0.05, 0) is 6.07 Å². The molecular formula is C14H16N2O3. The molecule has 1 amide bonds. The summed E-state index contributed by atoms with van der Waals surface area (Å²) in [6, 6.07) is 7.69. The summed E-state index contributed by atoms with van der Waals surface area (Å²) >= 11 is 0. The van der Waals surface area contributed by atoms with Gasteiger partial charge in [-0.3, -0.25) is 4.79 Å². The van der Waals surface area contributed by atoms with Crippen LogP contribution in [0.3, 0.4) is 0 Å². The molecule has 1 aliphatic rings. The minimum absolute atomic E-state index is 0.146. The number of rotatable bonds is 1. The van der Waals surface area contributed by atoms with Crippen LogP contribution in [0.15, 0.2) is 30.5 Å². The van der Waals surface area contributed by atoms with Gasteiger partial charge in [-0.2, -0.15) is 0 Å². The molecule has 19 heavy (non-hydrogen) atoms. The van der Waals surface area contributed by atoms with Crippen LogP contribution < -0.4 is 0 Å². The number of carbonyl (C=O) groups is 1. The number of fused-ring (bicyclic) bond motifs is 1. The zero-order valence-corrected chi connectivity index (χ0v) is 10.7. The first-order valence-electron chi connectivity index (χ1n) is 6.27. The van der Waals surface area contributed by atoms with E-state index in [1.807, 2.05) is 35.9 Å². The molecule has 0 radical (unpaired) electrons. The monoisotopic (exact) mass is 260 g/mol. The molecule has 2 heterocycles. The van der Waals surface area contributed by atoms with Crippen molar-refractivity contribution in [1.82, 2.24) is 9.47 Å². The van der Waals surface area contributed by atoms with E-state index in [2.05, 4.69) is 0 Å². The maximum absolute atomic E-state index is 12.5. The lowest BCUT2D eigenvalue weighted by Gasteiger charge is -2.14. The van der Waals surface area contributed by atoms with Crippen LogP contribution in [-0.2, 0) is 7.05 Å². The summed E-state index contributed by atoms with van der Waals surface area (Å²) in [5, 5.41) is 20.0. The first kappa shape index (κ1) is 12.2. The van der Waals surface area contributed by atoms with Gasteiger partial charge in [-0.25, -0.2) is 0 Å². The summed E-state index contributed by atoms with van der Waals surface area (Å²) in [5.74, 6) is -0.146. The van der Waals surface area contributed by atoms with Gasteiger partial charge in [0.1, 0.15) is 0 Å². The number of aromatic nitrogens is 1. The molecule has 1 aliphatic heterocycles. The number of aliphatic hydroxyl groups is 2. The molecule has 0 aliphatic carbocycles. The normalized spacial score (nSPS) is 23.2. The fraction of sp³-hybridized carbons (Fsp3) is 0.357. The first-order chi connectivity index (χ1) is 9.08. The molecule has 5 nitrogen and oxygen atoms in total. The van der Waals surface area contributed by atoms with E-state index in [9.17, 15) is 15.0 Å². The number of nitrogens with zero attached hydrogens (tertiary/aromatic N) is 2. The van der Waals surface area contributed by atoms with E-state index >= 15 is 0 Å². The molecule has 5 heteroatoms. The third kappa shape index (κ3) is 1.91. The van der Waals surface area contributed by atoms with Gasteiger partial charge in [0, 0.05) is 37.2 Å². The van der Waals surface area contributed by atoms with E-state index < -0.39 is 12.2 Å². The molecule has 0 unspecified atom stereocenters. The Bertz CT molecular complexity index is 625. The maximum atomic E-state index is 12.5. The highest BCUT2D eigenvalue weighted by atomic mass is 16.3. The first-order valence-corrected chi connectivity index (χ1v) is 6.27. The van der Waals surface area contributed by atoms with E-state index in [1.54, 1.807) is 6.20 Å². The van der Waals surface area contributed by atoms with Gasteiger partial charge in [-0.1, -0.05) is 18.2 Å². The fourth-order valence-electron chi connectivity index (χ4n) is 2.62. The van der Waals surface area contributed by atoms with Crippen molar-refractivity contribution in [2.75, 3.05) is 13.1 Å². The summed E-state index contributed by atoms with van der Waals surface area (Å²) in [5.41, 5.74) is 1.60. The summed E-state index contributed by atoms with van der Waals surface area (Å²) in [4.78, 5) is 14.0. The van der Waals surface area contributed by atoms with Gasteiger partial charge in [-0.15, -0.1) is 0 Å². The van der Waals surface area contributed by atoms with Crippen LogP contribution in [0.5, 0.6) is 0 Å². The van der Waals surface area contributed by atoms with Gasteiger partial charge in [0.05, 0.1) is 17.8 Å². The maximum Gasteiger partial charge on any atom is 0.256 e. The second-order valence-electron chi connectivity index (χ2n) is 5.02. The summed E-state index contributed by atoms with van der Waals surface area (Å²) in [6.07, 6.45) is 0.0993. The summed E-state index contributed by atoms with van der Waals surface area (Å²) in [6.45, 7) is 0.368. The largest absolute Gasteiger partial charge is 0.388 e. The lowest BCUT2D eigenvalue weighted by Crippen LogP contribution is -2.29. The number of hydrogen-bond acceptors (Lipinski definition) is 3. The van der Waals surface area contributed by atoms with E-state index in [0.29, 0.717) is 5.56 Å². The molecule has 0 bridgehead atoms. The van der Waals surface area contributed by atoms with Crippen molar-refractivity contribution >= 4 is 16.8 Å². The molecule has 1 fully saturated rings. The second-order valence-corrected chi connectivity index (χ2v) is 5.02. The molecule has 3 rings (SSSR count). The van der Waals surface area contributed by atoms with Gasteiger partial charge in [0.2, 0.25) is 0 Å². The van der Waals surface area contributed by atoms with Crippen molar-refractivity contribution in [3.8, 4) is 0 Å². The summed E-state index contributed by atoms with van der Waals surface area (Å²) in [7, 11) is 1.90. The minimum Gasteiger partial charge on any atom is -0.388 e. The molecular weight excluding hydrogens is 244 g/mol. The van der Waals surface area contributed by atoms with Gasteiger partial charge in [0.25, 0.3) is 5.91 Å². The van der Waals surface area contributed by atoms with Crippen molar-refractivity contribution in [3.05, 3.63) is 36.0 Å². The van der Waals surface area contributed by atoms with Crippen molar-refractivity contribution in [2.24, 2.45) is 7.05 Å². The lowest BCUT2D eigenvalue weighted by molar-refractivity contribution is 0.0572. The number of benzene rings is 1. The Morgan fingerprint density at radius 1 is 1.21 bits per heavy atom. The van der Waals surface area contributed by atoms with Crippen LogP contribution in [0.25, 0.3) is 10.9 Å². The number of hydrogen-bond donors (Lipinski definition) is 2. The zero-order valence-electron chi connectivity index (χ0n) is 10.7. The molecule has 1 saturated heterocycles. The zero-order chi connectivity index (χ0) is 13.6. The number of likely N-dealkylation sites (tertiary alicyclic amines) is 1. The quantitative estimate of drug-likeness (QED) is 0.778. The van der Waals surface area contributed by atoms with Crippen LogP contribution in [0, 0.1) is 0 Å². The van der Waals surface area contributed by atoms with Gasteiger partial charge >= 0.3 is 0 Å². The Balaban J connectivity index is 1.99. The second kappa shape index (κ2) is 4.36. The smallest absolute Gasteiger partial charge is 0.256 e. The average Bonchev–Trinajstić information content (AvgIpc) is 2.91. The predicted octanol–water partition coefficient (Wildman–Crippen LogP) is 0.356. The van der Waals surface area contributed by atoms with Crippen molar-refractivity contribution in [1.29, 1.82) is 0 Å². The molecule has 1 aromatic carbocycles. The van der Waals surface area contributed by atoms with Crippen LogP contribution in [-0.4, -0.2) is 50.9 Å². The molecule has 0 spiro atoms. The number of aryl methyl sites for hydroxylation is 1. The van der Waals surface area contributed by atoms with E-state index in [-0.39, 0.29) is 19.0 Å². The molecule has 2 aromatic rings. The number of amides is 1. The molecule has 2 atom stereocenters. The van der Waals surface area contributed by atoms with Crippen LogP contribution in [0.2, 0.25) is 0 Å². The average molecular weight is 260 g/mol. The highest BCUT2D eigenvalue weighted by Gasteiger charge is 2.33. The number of β-amino-alcohol motifs (C(OH)–C–C–N with tert-alkyl or cyclic N) is 2. The van der Waals surface area contributed by atoms with E-state index in [0.717, 1.165) is 10.9 Å². The molecule has 1 aromatic heterocycles.